The summed E-state index contributed by atoms with van der Waals surface area (Å²) < 4.78 is 2.18. The van der Waals surface area contributed by atoms with Crippen LogP contribution >= 0.6 is 15.9 Å². The van der Waals surface area contributed by atoms with E-state index in [-0.39, 0.29) is 5.69 Å². The van der Waals surface area contributed by atoms with Crippen molar-refractivity contribution in [2.24, 2.45) is 0 Å². The minimum atomic E-state index is -1.04. The summed E-state index contributed by atoms with van der Waals surface area (Å²) in [6, 6.07) is 0. The first kappa shape index (κ1) is 9.14. The molecule has 2 aromatic rings. The van der Waals surface area contributed by atoms with E-state index in [1.807, 2.05) is 6.92 Å². The normalized spacial score (nSPS) is 10.7. The first-order valence-electron chi connectivity index (χ1n) is 3.83. The van der Waals surface area contributed by atoms with E-state index >= 15 is 0 Å². The molecule has 0 amide bonds. The summed E-state index contributed by atoms with van der Waals surface area (Å²) in [4.78, 5) is 18.7. The second-order valence-electron chi connectivity index (χ2n) is 2.84. The zero-order valence-electron chi connectivity index (χ0n) is 7.23. The minimum Gasteiger partial charge on any atom is -0.476 e. The monoisotopic (exact) mass is 255 g/mol. The third-order valence-corrected chi connectivity index (χ3v) is 2.27. The minimum absolute atomic E-state index is 0.0121. The summed E-state index contributed by atoms with van der Waals surface area (Å²) in [7, 11) is 0. The van der Waals surface area contributed by atoms with Gasteiger partial charge in [-0.3, -0.25) is 0 Å². The number of halogens is 1. The molecule has 5 nitrogen and oxygen atoms in total. The van der Waals surface area contributed by atoms with Crippen molar-refractivity contribution < 1.29 is 9.90 Å². The van der Waals surface area contributed by atoms with Crippen LogP contribution in [0.25, 0.3) is 5.65 Å². The van der Waals surface area contributed by atoms with Gasteiger partial charge in [-0.15, -0.1) is 0 Å². The van der Waals surface area contributed by atoms with Gasteiger partial charge in [0.25, 0.3) is 0 Å². The van der Waals surface area contributed by atoms with Crippen LogP contribution in [0, 0.1) is 6.92 Å². The molecule has 0 atom stereocenters. The molecule has 0 unspecified atom stereocenters. The average Bonchev–Trinajstić information content (AvgIpc) is 2.47. The fourth-order valence-electron chi connectivity index (χ4n) is 1.18. The molecule has 0 saturated heterocycles. The molecule has 0 aliphatic carbocycles. The highest BCUT2D eigenvalue weighted by Crippen LogP contribution is 2.15. The highest BCUT2D eigenvalue weighted by atomic mass is 79.9. The smallest absolute Gasteiger partial charge is 0.356 e. The lowest BCUT2D eigenvalue weighted by Gasteiger charge is -1.96. The van der Waals surface area contributed by atoms with Crippen molar-refractivity contribution in [3.63, 3.8) is 0 Å². The Bertz CT molecular complexity index is 521. The summed E-state index contributed by atoms with van der Waals surface area (Å²) in [5, 5.41) is 8.73. The molecule has 0 spiro atoms. The molecule has 0 bridgehead atoms. The molecule has 14 heavy (non-hydrogen) atoms. The van der Waals surface area contributed by atoms with Gasteiger partial charge in [0.2, 0.25) is 0 Å². The molecule has 0 fully saturated rings. The van der Waals surface area contributed by atoms with Crippen LogP contribution in [0.5, 0.6) is 0 Å². The summed E-state index contributed by atoms with van der Waals surface area (Å²) in [5.74, 6) is -1.04. The number of imidazole rings is 1. The average molecular weight is 256 g/mol. The molecule has 0 aliphatic heterocycles. The Morgan fingerprint density at radius 2 is 2.21 bits per heavy atom. The third kappa shape index (κ3) is 1.37. The Morgan fingerprint density at radius 1 is 1.50 bits per heavy atom. The molecule has 0 aromatic carbocycles. The number of hydrogen-bond acceptors (Lipinski definition) is 3. The standard InChI is InChI=1S/C8H6BrN3O2/c1-4-2-12-3-5(8(13)14)11-7(12)6(9)10-4/h2-3H,1H3,(H,13,14). The number of nitrogens with zero attached hydrogens (tertiary/aromatic N) is 3. The molecule has 0 radical (unpaired) electrons. The Balaban J connectivity index is 2.76. The van der Waals surface area contributed by atoms with Crippen LogP contribution in [0.15, 0.2) is 17.0 Å². The van der Waals surface area contributed by atoms with Crippen molar-refractivity contribution in [1.82, 2.24) is 14.4 Å². The molecule has 2 rings (SSSR count). The summed E-state index contributed by atoms with van der Waals surface area (Å²) >= 11 is 3.22. The zero-order valence-corrected chi connectivity index (χ0v) is 8.82. The topological polar surface area (TPSA) is 67.5 Å². The van der Waals surface area contributed by atoms with Gasteiger partial charge in [0, 0.05) is 12.4 Å². The highest BCUT2D eigenvalue weighted by molar-refractivity contribution is 9.10. The van der Waals surface area contributed by atoms with Crippen LogP contribution in [0.3, 0.4) is 0 Å². The number of fused-ring (bicyclic) bond motifs is 1. The second-order valence-corrected chi connectivity index (χ2v) is 3.59. The number of carboxylic acid groups (broad SMARTS) is 1. The second kappa shape index (κ2) is 3.06. The number of carboxylic acids is 1. The molecule has 0 saturated carbocycles. The molecule has 2 heterocycles. The number of carbonyl (C=O) groups is 1. The third-order valence-electron chi connectivity index (χ3n) is 1.74. The molecule has 0 aliphatic rings. The van der Waals surface area contributed by atoms with Crippen molar-refractivity contribution in [3.8, 4) is 0 Å². The van der Waals surface area contributed by atoms with Gasteiger partial charge in [0.15, 0.2) is 11.3 Å². The molecule has 72 valence electrons. The SMILES string of the molecule is Cc1cn2cc(C(=O)O)nc2c(Br)n1. The lowest BCUT2D eigenvalue weighted by atomic mass is 10.5. The highest BCUT2D eigenvalue weighted by Gasteiger charge is 2.11. The quantitative estimate of drug-likeness (QED) is 0.839. The van der Waals surface area contributed by atoms with Crippen LogP contribution in [0.2, 0.25) is 0 Å². The molecule has 6 heteroatoms. The van der Waals surface area contributed by atoms with Crippen LogP contribution in [-0.2, 0) is 0 Å². The van der Waals surface area contributed by atoms with E-state index < -0.39 is 5.97 Å². The maximum Gasteiger partial charge on any atom is 0.356 e. The largest absolute Gasteiger partial charge is 0.476 e. The van der Waals surface area contributed by atoms with Gasteiger partial charge in [0.1, 0.15) is 4.60 Å². The molecular formula is C8H6BrN3O2. The van der Waals surface area contributed by atoms with Crippen molar-refractivity contribution in [3.05, 3.63) is 28.4 Å². The summed E-state index contributed by atoms with van der Waals surface area (Å²) in [5.41, 5.74) is 1.31. The fraction of sp³-hybridized carbons (Fsp3) is 0.125. The van der Waals surface area contributed by atoms with E-state index in [9.17, 15) is 4.79 Å². The predicted octanol–water partition coefficient (Wildman–Crippen LogP) is 1.50. The van der Waals surface area contributed by atoms with Crippen LogP contribution in [-0.4, -0.2) is 25.4 Å². The predicted molar refractivity (Wildman–Crippen MR) is 52.4 cm³/mol. The van der Waals surface area contributed by atoms with Crippen molar-refractivity contribution in [1.29, 1.82) is 0 Å². The van der Waals surface area contributed by atoms with E-state index in [0.717, 1.165) is 5.69 Å². The van der Waals surface area contributed by atoms with Gasteiger partial charge in [-0.2, -0.15) is 0 Å². The van der Waals surface area contributed by atoms with Crippen molar-refractivity contribution in [2.45, 2.75) is 6.92 Å². The maximum absolute atomic E-state index is 10.7. The van der Waals surface area contributed by atoms with Gasteiger partial charge in [-0.25, -0.2) is 14.8 Å². The van der Waals surface area contributed by atoms with E-state index in [4.69, 9.17) is 5.11 Å². The van der Waals surface area contributed by atoms with Gasteiger partial charge in [-0.05, 0) is 22.9 Å². The fourth-order valence-corrected chi connectivity index (χ4v) is 1.76. The van der Waals surface area contributed by atoms with Gasteiger partial charge >= 0.3 is 5.97 Å². The molecule has 2 aromatic heterocycles. The van der Waals surface area contributed by atoms with Crippen LogP contribution in [0.4, 0.5) is 0 Å². The first-order chi connectivity index (χ1) is 6.58. The van der Waals surface area contributed by atoms with Gasteiger partial charge in [0.05, 0.1) is 5.69 Å². The Labute approximate surface area is 87.5 Å². The van der Waals surface area contributed by atoms with Crippen LogP contribution < -0.4 is 0 Å². The summed E-state index contributed by atoms with van der Waals surface area (Å²) in [6.45, 7) is 1.82. The number of aromatic carboxylic acids is 1. The number of rotatable bonds is 1. The lowest BCUT2D eigenvalue weighted by molar-refractivity contribution is 0.0691. The number of aryl methyl sites for hydroxylation is 1. The number of hydrogen-bond donors (Lipinski definition) is 1. The van der Waals surface area contributed by atoms with Crippen molar-refractivity contribution >= 4 is 27.5 Å². The van der Waals surface area contributed by atoms with E-state index in [1.165, 1.54) is 6.20 Å². The zero-order chi connectivity index (χ0) is 10.3. The maximum atomic E-state index is 10.7. The van der Waals surface area contributed by atoms with E-state index in [0.29, 0.717) is 10.3 Å². The van der Waals surface area contributed by atoms with Crippen molar-refractivity contribution in [2.75, 3.05) is 0 Å². The van der Waals surface area contributed by atoms with Gasteiger partial charge < -0.3 is 9.51 Å². The van der Waals surface area contributed by atoms with Crippen LogP contribution in [0.1, 0.15) is 16.2 Å². The van der Waals surface area contributed by atoms with E-state index in [1.54, 1.807) is 10.6 Å². The number of aromatic nitrogens is 3. The first-order valence-corrected chi connectivity index (χ1v) is 4.62. The van der Waals surface area contributed by atoms with Gasteiger partial charge in [-0.1, -0.05) is 0 Å². The Morgan fingerprint density at radius 3 is 2.86 bits per heavy atom. The Kier molecular flexibility index (Phi) is 1.99. The lowest BCUT2D eigenvalue weighted by Crippen LogP contribution is -1.94. The summed E-state index contributed by atoms with van der Waals surface area (Å²) in [6.07, 6.45) is 3.18. The Hall–Kier alpha value is -1.43. The molecular weight excluding hydrogens is 250 g/mol. The molecule has 1 N–H and O–H groups in total. The van der Waals surface area contributed by atoms with E-state index in [2.05, 4.69) is 25.9 Å².